The van der Waals surface area contributed by atoms with Gasteiger partial charge in [0.05, 0.1) is 25.3 Å². The molecule has 32 heavy (non-hydrogen) atoms. The molecule has 6 nitrogen and oxygen atoms in total. The van der Waals surface area contributed by atoms with Gasteiger partial charge in [0.15, 0.2) is 0 Å². The summed E-state index contributed by atoms with van der Waals surface area (Å²) < 4.78 is 11.7. The van der Waals surface area contributed by atoms with Gasteiger partial charge in [0.2, 0.25) is 0 Å². The molecule has 160 valence electrons. The van der Waals surface area contributed by atoms with Crippen LogP contribution >= 0.6 is 0 Å². The molecule has 0 saturated carbocycles. The Labute approximate surface area is 186 Å². The van der Waals surface area contributed by atoms with Crippen LogP contribution in [0.3, 0.4) is 0 Å². The first-order valence-corrected chi connectivity index (χ1v) is 11.0. The van der Waals surface area contributed by atoms with Crippen LogP contribution in [0, 0.1) is 0 Å². The van der Waals surface area contributed by atoms with Crippen LogP contribution in [0.2, 0.25) is 0 Å². The van der Waals surface area contributed by atoms with Crippen LogP contribution in [0.5, 0.6) is 0 Å². The maximum absolute atomic E-state index is 13.2. The summed E-state index contributed by atoms with van der Waals surface area (Å²) in [5, 5.41) is 0. The third-order valence-corrected chi connectivity index (χ3v) is 6.68. The molecule has 6 heteroatoms. The number of hydrogen-bond acceptors (Lipinski definition) is 5. The van der Waals surface area contributed by atoms with Gasteiger partial charge in [-0.15, -0.1) is 0 Å². The maximum atomic E-state index is 13.2. The lowest BCUT2D eigenvalue weighted by molar-refractivity contribution is -0.0331. The van der Waals surface area contributed by atoms with Crippen LogP contribution in [-0.4, -0.2) is 52.9 Å². The molecule has 2 aliphatic heterocycles. The summed E-state index contributed by atoms with van der Waals surface area (Å²) in [4.78, 5) is 23.3. The Kier molecular flexibility index (Phi) is 4.72. The van der Waals surface area contributed by atoms with Gasteiger partial charge in [0.1, 0.15) is 12.9 Å². The van der Waals surface area contributed by atoms with E-state index < -0.39 is 0 Å². The van der Waals surface area contributed by atoms with E-state index in [1.807, 2.05) is 29.4 Å². The summed E-state index contributed by atoms with van der Waals surface area (Å²) in [6, 6.07) is 16.6. The second kappa shape index (κ2) is 7.88. The molecule has 2 bridgehead atoms. The molecule has 1 amide bonds. The zero-order valence-electron chi connectivity index (χ0n) is 17.6. The maximum Gasteiger partial charge on any atom is 0.410 e. The minimum absolute atomic E-state index is 0.0513. The van der Waals surface area contributed by atoms with Gasteiger partial charge in [-0.1, -0.05) is 54.6 Å². The Morgan fingerprint density at radius 1 is 1.00 bits per heavy atom. The van der Waals surface area contributed by atoms with E-state index in [0.717, 1.165) is 11.1 Å². The van der Waals surface area contributed by atoms with Crippen LogP contribution in [-0.2, 0) is 9.47 Å². The smallest absolute Gasteiger partial charge is 0.410 e. The number of hydrogen-bond donors (Lipinski definition) is 0. The average Bonchev–Trinajstić information content (AvgIpc) is 3.16. The van der Waals surface area contributed by atoms with Crippen molar-refractivity contribution in [1.82, 2.24) is 14.9 Å². The molecule has 1 saturated heterocycles. The standard InChI is InChI=1S/C26H23N3O3/c30-26(29-19-9-17(10-20(29)14-31-13-19)18-11-27-16-28-12-18)32-15-25-23-7-3-1-5-21(23)22-6-2-4-8-24(22)25/h1-9,11-12,16,19-20,25H,10,13-15H2. The highest BCUT2D eigenvalue weighted by molar-refractivity contribution is 5.79. The van der Waals surface area contributed by atoms with Crippen LogP contribution in [0.25, 0.3) is 16.7 Å². The molecular formula is C26H23N3O3. The molecule has 1 aromatic heterocycles. The molecule has 1 fully saturated rings. The van der Waals surface area contributed by atoms with Crippen LogP contribution < -0.4 is 0 Å². The third kappa shape index (κ3) is 3.19. The van der Waals surface area contributed by atoms with E-state index >= 15 is 0 Å². The van der Waals surface area contributed by atoms with E-state index in [2.05, 4.69) is 52.4 Å². The number of morpholine rings is 1. The monoisotopic (exact) mass is 425 g/mol. The Morgan fingerprint density at radius 3 is 2.38 bits per heavy atom. The molecule has 3 aromatic rings. The molecule has 2 unspecified atom stereocenters. The molecule has 0 spiro atoms. The van der Waals surface area contributed by atoms with Crippen molar-refractivity contribution >= 4 is 11.7 Å². The molecule has 2 aromatic carbocycles. The summed E-state index contributed by atoms with van der Waals surface area (Å²) in [5.41, 5.74) is 7.04. The van der Waals surface area contributed by atoms with Crippen LogP contribution in [0.4, 0.5) is 4.79 Å². The fraction of sp³-hybridized carbons (Fsp3) is 0.269. The Morgan fingerprint density at radius 2 is 1.69 bits per heavy atom. The van der Waals surface area contributed by atoms with E-state index in [-0.39, 0.29) is 24.1 Å². The van der Waals surface area contributed by atoms with Crippen molar-refractivity contribution in [1.29, 1.82) is 0 Å². The van der Waals surface area contributed by atoms with E-state index in [1.165, 1.54) is 28.6 Å². The number of nitrogens with zero attached hydrogens (tertiary/aromatic N) is 3. The number of amides is 1. The van der Waals surface area contributed by atoms with Crippen molar-refractivity contribution in [3.63, 3.8) is 0 Å². The number of carbonyl (C=O) groups is 1. The number of carbonyl (C=O) groups excluding carboxylic acids is 1. The lowest BCUT2D eigenvalue weighted by atomic mass is 9.91. The molecular weight excluding hydrogens is 402 g/mol. The second-order valence-corrected chi connectivity index (χ2v) is 8.49. The Hall–Kier alpha value is -3.51. The minimum atomic E-state index is -0.273. The van der Waals surface area contributed by atoms with Crippen molar-refractivity contribution in [3.05, 3.63) is 90.0 Å². The van der Waals surface area contributed by atoms with Gasteiger partial charge in [0, 0.05) is 23.9 Å². The van der Waals surface area contributed by atoms with E-state index in [9.17, 15) is 4.79 Å². The minimum Gasteiger partial charge on any atom is -0.448 e. The highest BCUT2D eigenvalue weighted by Crippen LogP contribution is 2.44. The van der Waals surface area contributed by atoms with Crippen molar-refractivity contribution in [2.24, 2.45) is 0 Å². The van der Waals surface area contributed by atoms with Gasteiger partial charge < -0.3 is 9.47 Å². The lowest BCUT2D eigenvalue weighted by Crippen LogP contribution is -2.56. The first-order valence-electron chi connectivity index (χ1n) is 11.0. The van der Waals surface area contributed by atoms with Crippen molar-refractivity contribution in [3.8, 4) is 11.1 Å². The number of ether oxygens (including phenoxy) is 2. The zero-order chi connectivity index (χ0) is 21.5. The van der Waals surface area contributed by atoms with Gasteiger partial charge in [-0.3, -0.25) is 4.90 Å². The quantitative estimate of drug-likeness (QED) is 0.627. The van der Waals surface area contributed by atoms with Gasteiger partial charge >= 0.3 is 6.09 Å². The van der Waals surface area contributed by atoms with Crippen molar-refractivity contribution in [2.75, 3.05) is 19.8 Å². The van der Waals surface area contributed by atoms with Crippen LogP contribution in [0.15, 0.2) is 73.3 Å². The molecule has 6 rings (SSSR count). The largest absolute Gasteiger partial charge is 0.448 e. The predicted octanol–water partition coefficient (Wildman–Crippen LogP) is 4.28. The summed E-state index contributed by atoms with van der Waals surface area (Å²) in [7, 11) is 0. The summed E-state index contributed by atoms with van der Waals surface area (Å²) in [5.74, 6) is 0.0554. The molecule has 1 aliphatic carbocycles. The first kappa shape index (κ1) is 19.2. The predicted molar refractivity (Wildman–Crippen MR) is 120 cm³/mol. The van der Waals surface area contributed by atoms with E-state index in [4.69, 9.17) is 9.47 Å². The molecule has 3 aliphatic rings. The molecule has 2 atom stereocenters. The normalized spacial score (nSPS) is 21.5. The number of aromatic nitrogens is 2. The number of benzene rings is 2. The highest BCUT2D eigenvalue weighted by Gasteiger charge is 2.40. The van der Waals surface area contributed by atoms with E-state index in [0.29, 0.717) is 26.2 Å². The van der Waals surface area contributed by atoms with Gasteiger partial charge in [-0.05, 0) is 34.2 Å². The molecule has 3 heterocycles. The first-order chi connectivity index (χ1) is 15.8. The summed E-state index contributed by atoms with van der Waals surface area (Å²) >= 11 is 0. The lowest BCUT2D eigenvalue weighted by Gasteiger charge is -2.43. The van der Waals surface area contributed by atoms with Gasteiger partial charge in [-0.25, -0.2) is 14.8 Å². The SMILES string of the molecule is O=C(OCC1c2ccccc2-c2ccccc21)N1C2C=C(c3cncnc3)CC1COC2. The highest BCUT2D eigenvalue weighted by atomic mass is 16.6. The van der Waals surface area contributed by atoms with Crippen molar-refractivity contribution in [2.45, 2.75) is 24.4 Å². The average molecular weight is 425 g/mol. The number of rotatable bonds is 3. The fourth-order valence-electron chi connectivity index (χ4n) is 5.23. The Balaban J connectivity index is 1.22. The van der Waals surface area contributed by atoms with Gasteiger partial charge in [0.25, 0.3) is 0 Å². The van der Waals surface area contributed by atoms with Crippen molar-refractivity contribution < 1.29 is 14.3 Å². The fourth-order valence-corrected chi connectivity index (χ4v) is 5.23. The summed E-state index contributed by atoms with van der Waals surface area (Å²) in [6.07, 6.45) is 7.69. The molecule has 0 N–H and O–H groups in total. The second-order valence-electron chi connectivity index (χ2n) is 8.49. The van der Waals surface area contributed by atoms with Crippen LogP contribution in [0.1, 0.15) is 29.0 Å². The third-order valence-electron chi connectivity index (χ3n) is 6.68. The van der Waals surface area contributed by atoms with E-state index in [1.54, 1.807) is 0 Å². The summed E-state index contributed by atoms with van der Waals surface area (Å²) in [6.45, 7) is 1.30. The zero-order valence-corrected chi connectivity index (χ0v) is 17.6. The number of fused-ring (bicyclic) bond motifs is 5. The van der Waals surface area contributed by atoms with Gasteiger partial charge in [-0.2, -0.15) is 0 Å². The topological polar surface area (TPSA) is 64.5 Å². The molecule has 0 radical (unpaired) electrons. The Bertz CT molecular complexity index is 1150.